The van der Waals surface area contributed by atoms with Crippen LogP contribution in [0.4, 0.5) is 10.1 Å². The number of hydrogen-bond acceptors (Lipinski definition) is 4. The van der Waals surface area contributed by atoms with Gasteiger partial charge in [0.25, 0.3) is 11.6 Å². The lowest BCUT2D eigenvalue weighted by molar-refractivity contribution is -0.385. The molecular formula is C14H17FN2O4. The monoisotopic (exact) mass is 296 g/mol. The van der Waals surface area contributed by atoms with Gasteiger partial charge >= 0.3 is 0 Å². The molecule has 0 bridgehead atoms. The number of hydrogen-bond donors (Lipinski definition) is 1. The normalized spacial score (nSPS) is 18.6. The zero-order valence-electron chi connectivity index (χ0n) is 11.7. The Kier molecular flexibility index (Phi) is 4.52. The van der Waals surface area contributed by atoms with Crippen molar-refractivity contribution in [1.29, 1.82) is 0 Å². The highest BCUT2D eigenvalue weighted by Gasteiger charge is 2.27. The van der Waals surface area contributed by atoms with E-state index in [9.17, 15) is 24.4 Å². The fourth-order valence-electron chi connectivity index (χ4n) is 2.58. The topological polar surface area (TPSA) is 83.7 Å². The van der Waals surface area contributed by atoms with Gasteiger partial charge < -0.3 is 10.0 Å². The minimum Gasteiger partial charge on any atom is -0.396 e. The minimum absolute atomic E-state index is 0.0226. The number of aryl methyl sites for hydroxylation is 1. The van der Waals surface area contributed by atoms with Crippen molar-refractivity contribution >= 4 is 11.6 Å². The molecule has 0 aliphatic carbocycles. The van der Waals surface area contributed by atoms with Crippen LogP contribution in [-0.4, -0.2) is 40.5 Å². The van der Waals surface area contributed by atoms with Crippen molar-refractivity contribution in [3.8, 4) is 0 Å². The first-order valence-corrected chi connectivity index (χ1v) is 6.78. The molecule has 1 heterocycles. The molecule has 7 heteroatoms. The second kappa shape index (κ2) is 6.17. The van der Waals surface area contributed by atoms with Gasteiger partial charge in [-0.1, -0.05) is 0 Å². The van der Waals surface area contributed by atoms with Crippen LogP contribution in [0.2, 0.25) is 0 Å². The lowest BCUT2D eigenvalue weighted by Gasteiger charge is -2.32. The predicted octanol–water partition coefficient (Wildman–Crippen LogP) is 1.89. The molecule has 1 aromatic carbocycles. The molecular weight excluding hydrogens is 279 g/mol. The lowest BCUT2D eigenvalue weighted by Crippen LogP contribution is -2.41. The largest absolute Gasteiger partial charge is 0.396 e. The molecule has 0 spiro atoms. The Bertz CT molecular complexity index is 576. The second-order valence-electron chi connectivity index (χ2n) is 5.32. The third-order valence-electron chi connectivity index (χ3n) is 3.74. The van der Waals surface area contributed by atoms with E-state index in [1.54, 1.807) is 0 Å². The van der Waals surface area contributed by atoms with E-state index >= 15 is 0 Å². The average molecular weight is 296 g/mol. The molecule has 1 unspecified atom stereocenters. The number of nitro groups is 1. The summed E-state index contributed by atoms with van der Waals surface area (Å²) in [5, 5.41) is 20.0. The van der Waals surface area contributed by atoms with Crippen LogP contribution in [0.25, 0.3) is 0 Å². The molecule has 0 aromatic heterocycles. The molecule has 0 saturated carbocycles. The van der Waals surface area contributed by atoms with Crippen molar-refractivity contribution in [3.63, 3.8) is 0 Å². The van der Waals surface area contributed by atoms with Crippen molar-refractivity contribution in [1.82, 2.24) is 4.90 Å². The van der Waals surface area contributed by atoms with Gasteiger partial charge in [-0.2, -0.15) is 0 Å². The van der Waals surface area contributed by atoms with Gasteiger partial charge in [-0.25, -0.2) is 4.39 Å². The summed E-state index contributed by atoms with van der Waals surface area (Å²) in [6.45, 7) is 2.18. The minimum atomic E-state index is -0.725. The number of carbonyl (C=O) groups excluding carboxylic acids is 1. The Balaban J connectivity index is 2.32. The number of non-ortho nitro benzene ring substituents is 1. The van der Waals surface area contributed by atoms with Gasteiger partial charge in [0.15, 0.2) is 0 Å². The van der Waals surface area contributed by atoms with E-state index in [0.717, 1.165) is 25.0 Å². The van der Waals surface area contributed by atoms with E-state index < -0.39 is 16.6 Å². The van der Waals surface area contributed by atoms with Gasteiger partial charge in [-0.05, 0) is 31.2 Å². The summed E-state index contributed by atoms with van der Waals surface area (Å²) in [6, 6.07) is 2.09. The average Bonchev–Trinajstić information content (AvgIpc) is 2.49. The molecule has 114 valence electrons. The van der Waals surface area contributed by atoms with Crippen LogP contribution in [-0.2, 0) is 0 Å². The van der Waals surface area contributed by atoms with Gasteiger partial charge in [0.2, 0.25) is 0 Å². The summed E-state index contributed by atoms with van der Waals surface area (Å²) in [7, 11) is 0. The molecule has 6 nitrogen and oxygen atoms in total. The smallest absolute Gasteiger partial charge is 0.270 e. The van der Waals surface area contributed by atoms with Gasteiger partial charge in [0, 0.05) is 31.8 Å². The number of nitro benzene ring substituents is 1. The molecule has 1 amide bonds. The Morgan fingerprint density at radius 3 is 2.90 bits per heavy atom. The molecule has 1 atom stereocenters. The van der Waals surface area contributed by atoms with Crippen LogP contribution in [0.3, 0.4) is 0 Å². The fraction of sp³-hybridized carbons (Fsp3) is 0.500. The highest BCUT2D eigenvalue weighted by molar-refractivity contribution is 5.95. The summed E-state index contributed by atoms with van der Waals surface area (Å²) >= 11 is 0. The first kappa shape index (κ1) is 15.4. The zero-order valence-corrected chi connectivity index (χ0v) is 11.7. The van der Waals surface area contributed by atoms with Crippen molar-refractivity contribution in [2.45, 2.75) is 19.8 Å². The lowest BCUT2D eigenvalue weighted by atomic mass is 9.98. The number of benzene rings is 1. The van der Waals surface area contributed by atoms with E-state index in [4.69, 9.17) is 0 Å². The number of rotatable bonds is 3. The Morgan fingerprint density at radius 1 is 1.57 bits per heavy atom. The maximum Gasteiger partial charge on any atom is 0.270 e. The molecule has 21 heavy (non-hydrogen) atoms. The maximum absolute atomic E-state index is 14.1. The number of carbonyl (C=O) groups is 1. The van der Waals surface area contributed by atoms with Crippen LogP contribution >= 0.6 is 0 Å². The van der Waals surface area contributed by atoms with Crippen molar-refractivity contribution < 1.29 is 19.2 Å². The van der Waals surface area contributed by atoms with Crippen molar-refractivity contribution in [2.75, 3.05) is 19.7 Å². The zero-order chi connectivity index (χ0) is 15.6. The predicted molar refractivity (Wildman–Crippen MR) is 73.5 cm³/mol. The van der Waals surface area contributed by atoms with Gasteiger partial charge in [-0.3, -0.25) is 14.9 Å². The van der Waals surface area contributed by atoms with E-state index in [1.807, 2.05) is 0 Å². The second-order valence-corrected chi connectivity index (χ2v) is 5.32. The first-order valence-electron chi connectivity index (χ1n) is 6.78. The highest BCUT2D eigenvalue weighted by Crippen LogP contribution is 2.24. The summed E-state index contributed by atoms with van der Waals surface area (Å²) in [5.74, 6) is -1.31. The van der Waals surface area contributed by atoms with Gasteiger partial charge in [0.05, 0.1) is 10.5 Å². The number of nitrogens with zero attached hydrogens (tertiary/aromatic N) is 2. The van der Waals surface area contributed by atoms with Crippen LogP contribution in [0.5, 0.6) is 0 Å². The third-order valence-corrected chi connectivity index (χ3v) is 3.74. The molecule has 1 fully saturated rings. The van der Waals surface area contributed by atoms with E-state index in [0.29, 0.717) is 13.1 Å². The van der Waals surface area contributed by atoms with Crippen LogP contribution < -0.4 is 0 Å². The molecule has 1 aliphatic rings. The van der Waals surface area contributed by atoms with Crippen LogP contribution in [0.15, 0.2) is 12.1 Å². The van der Waals surface area contributed by atoms with Crippen LogP contribution in [0.1, 0.15) is 28.8 Å². The van der Waals surface area contributed by atoms with Gasteiger partial charge in [-0.15, -0.1) is 0 Å². The van der Waals surface area contributed by atoms with E-state index in [2.05, 4.69) is 0 Å². The molecule has 1 N–H and O–H groups in total. The third kappa shape index (κ3) is 3.18. The summed E-state index contributed by atoms with van der Waals surface area (Å²) < 4.78 is 14.1. The summed E-state index contributed by atoms with van der Waals surface area (Å²) in [5.41, 5.74) is -0.503. The Hall–Kier alpha value is -2.02. The fourth-order valence-corrected chi connectivity index (χ4v) is 2.58. The molecule has 0 radical (unpaired) electrons. The molecule has 1 aliphatic heterocycles. The van der Waals surface area contributed by atoms with Crippen LogP contribution in [0, 0.1) is 28.8 Å². The number of halogens is 1. The molecule has 2 rings (SSSR count). The quantitative estimate of drug-likeness (QED) is 0.682. The number of aliphatic hydroxyl groups excluding tert-OH is 1. The first-order chi connectivity index (χ1) is 9.93. The number of aliphatic hydroxyl groups is 1. The number of amides is 1. The highest BCUT2D eigenvalue weighted by atomic mass is 19.1. The maximum atomic E-state index is 14.1. The molecule has 1 saturated heterocycles. The SMILES string of the molecule is Cc1cc([N+](=O)[O-])cc(C(=O)N2CCCC(CO)C2)c1F. The van der Waals surface area contributed by atoms with Gasteiger partial charge in [0.1, 0.15) is 5.82 Å². The van der Waals surface area contributed by atoms with Crippen molar-refractivity contribution in [3.05, 3.63) is 39.2 Å². The summed E-state index contributed by atoms with van der Waals surface area (Å²) in [4.78, 5) is 24.0. The summed E-state index contributed by atoms with van der Waals surface area (Å²) in [6.07, 6.45) is 1.54. The van der Waals surface area contributed by atoms with Crippen molar-refractivity contribution in [2.24, 2.45) is 5.92 Å². The van der Waals surface area contributed by atoms with E-state index in [-0.39, 0.29) is 29.3 Å². The Morgan fingerprint density at radius 2 is 2.29 bits per heavy atom. The Labute approximate surface area is 121 Å². The number of likely N-dealkylation sites (tertiary alicyclic amines) is 1. The standard InChI is InChI=1S/C14H17FN2O4/c1-9-5-11(17(20)21)6-12(13(9)15)14(19)16-4-2-3-10(7-16)8-18/h5-6,10,18H,2-4,7-8H2,1H3. The number of piperidine rings is 1. The van der Waals surface area contributed by atoms with E-state index in [1.165, 1.54) is 11.8 Å². The molecule has 1 aromatic rings.